The molecule has 1 heterocycles. The van der Waals surface area contributed by atoms with Crippen LogP contribution in [0.15, 0.2) is 35.4 Å². The average molecular weight is 447 g/mol. The first-order valence-corrected chi connectivity index (χ1v) is 11.7. The van der Waals surface area contributed by atoms with Crippen LogP contribution < -0.4 is 4.74 Å². The predicted octanol–water partition coefficient (Wildman–Crippen LogP) is 5.12. The lowest BCUT2D eigenvalue weighted by Gasteiger charge is -2.37. The molecule has 0 bridgehead atoms. The van der Waals surface area contributed by atoms with Crippen molar-refractivity contribution in [2.24, 2.45) is 0 Å². The van der Waals surface area contributed by atoms with Crippen LogP contribution in [0.2, 0.25) is 0 Å². The van der Waals surface area contributed by atoms with E-state index in [4.69, 9.17) is 4.74 Å². The van der Waals surface area contributed by atoms with Crippen molar-refractivity contribution in [3.05, 3.63) is 46.6 Å². The maximum absolute atomic E-state index is 10.8. The van der Waals surface area contributed by atoms with Gasteiger partial charge in [0.15, 0.2) is 0 Å². The molecule has 0 fully saturated rings. The predicted molar refractivity (Wildman–Crippen MR) is 129 cm³/mol. The first kappa shape index (κ1) is 26.4. The molecule has 4 N–H and O–H groups in total. The first-order valence-electron chi connectivity index (χ1n) is 11.7. The van der Waals surface area contributed by atoms with E-state index in [9.17, 15) is 20.4 Å². The van der Waals surface area contributed by atoms with E-state index in [2.05, 4.69) is 6.92 Å². The lowest BCUT2D eigenvalue weighted by Crippen LogP contribution is -2.37. The van der Waals surface area contributed by atoms with Crippen molar-refractivity contribution in [2.75, 3.05) is 0 Å². The number of hydrogen-bond donors (Lipinski definition) is 4. The number of aliphatic hydroxyl groups is 3. The van der Waals surface area contributed by atoms with Crippen LogP contribution >= 0.6 is 0 Å². The van der Waals surface area contributed by atoms with Crippen LogP contribution in [-0.2, 0) is 6.42 Å². The van der Waals surface area contributed by atoms with Crippen molar-refractivity contribution in [2.45, 2.75) is 110 Å². The Morgan fingerprint density at radius 1 is 1.22 bits per heavy atom. The van der Waals surface area contributed by atoms with Gasteiger partial charge < -0.3 is 25.2 Å². The molecule has 0 aromatic heterocycles. The number of ether oxygens (including phenoxy) is 1. The molecule has 2 rings (SSSR count). The highest BCUT2D eigenvalue weighted by Crippen LogP contribution is 2.40. The molecule has 0 radical (unpaired) electrons. The molecule has 0 saturated carbocycles. The van der Waals surface area contributed by atoms with Gasteiger partial charge in [0.1, 0.15) is 29.3 Å². The van der Waals surface area contributed by atoms with E-state index in [0.29, 0.717) is 24.8 Å². The second-order valence-corrected chi connectivity index (χ2v) is 10.3. The number of phenolic OH excluding ortho intramolecular Hbond substituents is 1. The summed E-state index contributed by atoms with van der Waals surface area (Å²) in [5, 5.41) is 40.9. The fraction of sp³-hybridized carbons (Fsp3) is 0.630. The molecule has 1 aliphatic rings. The Morgan fingerprint density at radius 3 is 2.56 bits per heavy atom. The molecule has 4 atom stereocenters. The molecule has 0 spiro atoms. The fourth-order valence-electron chi connectivity index (χ4n) is 4.43. The average Bonchev–Trinajstić information content (AvgIpc) is 2.67. The van der Waals surface area contributed by atoms with Gasteiger partial charge in [-0.25, -0.2) is 0 Å². The van der Waals surface area contributed by atoms with Gasteiger partial charge in [-0.2, -0.15) is 0 Å². The second kappa shape index (κ2) is 10.9. The molecule has 5 nitrogen and oxygen atoms in total. The van der Waals surface area contributed by atoms with Crippen LogP contribution in [0, 0.1) is 6.92 Å². The third-order valence-electron chi connectivity index (χ3n) is 6.47. The third kappa shape index (κ3) is 7.65. The van der Waals surface area contributed by atoms with E-state index in [0.717, 1.165) is 48.1 Å². The molecule has 1 aromatic carbocycles. The third-order valence-corrected chi connectivity index (χ3v) is 6.47. The quantitative estimate of drug-likeness (QED) is 0.375. The summed E-state index contributed by atoms with van der Waals surface area (Å²) in [6, 6.07) is 3.53. The van der Waals surface area contributed by atoms with Gasteiger partial charge in [-0.15, -0.1) is 0 Å². The van der Waals surface area contributed by atoms with Gasteiger partial charge in [0.2, 0.25) is 0 Å². The number of fused-ring (bicyclic) bond motifs is 1. The Kier molecular flexibility index (Phi) is 8.98. The van der Waals surface area contributed by atoms with E-state index >= 15 is 0 Å². The van der Waals surface area contributed by atoms with Gasteiger partial charge in [0.05, 0.1) is 5.60 Å². The molecule has 1 unspecified atom stereocenters. The number of benzene rings is 1. The van der Waals surface area contributed by atoms with Crippen LogP contribution in [0.5, 0.6) is 11.5 Å². The summed E-state index contributed by atoms with van der Waals surface area (Å²) in [7, 11) is 0. The number of aromatic hydroxyl groups is 1. The van der Waals surface area contributed by atoms with E-state index in [-0.39, 0.29) is 11.4 Å². The first-order chi connectivity index (χ1) is 14.8. The molecule has 1 aromatic rings. The van der Waals surface area contributed by atoms with Gasteiger partial charge >= 0.3 is 0 Å². The second-order valence-electron chi connectivity index (χ2n) is 10.3. The summed E-state index contributed by atoms with van der Waals surface area (Å²) in [6.45, 7) is 11.5. The highest BCUT2D eigenvalue weighted by Gasteiger charge is 2.33. The number of aryl methyl sites for hydroxylation is 2. The molecular weight excluding hydrogens is 404 g/mol. The zero-order chi connectivity index (χ0) is 24.1. The van der Waals surface area contributed by atoms with Crippen molar-refractivity contribution in [3.8, 4) is 11.5 Å². The van der Waals surface area contributed by atoms with Gasteiger partial charge in [-0.05, 0) is 115 Å². The van der Waals surface area contributed by atoms with E-state index in [1.165, 1.54) is 0 Å². The fourth-order valence-corrected chi connectivity index (χ4v) is 4.43. The van der Waals surface area contributed by atoms with Crippen molar-refractivity contribution >= 4 is 0 Å². The summed E-state index contributed by atoms with van der Waals surface area (Å²) in [6.07, 6.45) is 7.08. The van der Waals surface area contributed by atoms with E-state index in [1.54, 1.807) is 18.2 Å². The molecule has 1 aliphatic heterocycles. The highest BCUT2D eigenvalue weighted by atomic mass is 16.5. The number of allylic oxidation sites excluding steroid dienone is 2. The van der Waals surface area contributed by atoms with Crippen LogP contribution in [0.3, 0.4) is 0 Å². The van der Waals surface area contributed by atoms with Crippen molar-refractivity contribution in [1.82, 2.24) is 0 Å². The van der Waals surface area contributed by atoms with Crippen LogP contribution in [0.25, 0.3) is 0 Å². The summed E-state index contributed by atoms with van der Waals surface area (Å²) in [5.74, 6) is 1.17. The summed E-state index contributed by atoms with van der Waals surface area (Å²) < 4.78 is 6.35. The zero-order valence-electron chi connectivity index (χ0n) is 20.6. The van der Waals surface area contributed by atoms with Gasteiger partial charge in [-0.3, -0.25) is 0 Å². The Hall–Kier alpha value is -1.82. The van der Waals surface area contributed by atoms with E-state index in [1.807, 2.05) is 40.7 Å². The zero-order valence-corrected chi connectivity index (χ0v) is 20.6. The smallest absolute Gasteiger partial charge is 0.126 e. The summed E-state index contributed by atoms with van der Waals surface area (Å²) in [5.41, 5.74) is 2.62. The largest absolute Gasteiger partial charge is 0.508 e. The van der Waals surface area contributed by atoms with Gasteiger partial charge in [0.25, 0.3) is 0 Å². The topological polar surface area (TPSA) is 90.2 Å². The number of hydrogen-bond acceptors (Lipinski definition) is 5. The molecule has 0 saturated heterocycles. The van der Waals surface area contributed by atoms with Crippen molar-refractivity contribution < 1.29 is 25.2 Å². The Balaban J connectivity index is 1.84. The normalized spacial score (nSPS) is 22.3. The van der Waals surface area contributed by atoms with Crippen molar-refractivity contribution in [3.63, 3.8) is 0 Å². The van der Waals surface area contributed by atoms with Crippen molar-refractivity contribution in [1.29, 1.82) is 0 Å². The Labute approximate surface area is 193 Å². The van der Waals surface area contributed by atoms with Crippen LogP contribution in [-0.4, -0.2) is 43.8 Å². The Bertz CT molecular complexity index is 835. The molecule has 0 amide bonds. The summed E-state index contributed by atoms with van der Waals surface area (Å²) in [4.78, 5) is 0. The van der Waals surface area contributed by atoms with E-state index < -0.39 is 17.8 Å². The lowest BCUT2D eigenvalue weighted by molar-refractivity contribution is 0.0198. The minimum absolute atomic E-state index is 0.271. The lowest BCUT2D eigenvalue weighted by atomic mass is 9.85. The molecule has 32 heavy (non-hydrogen) atoms. The maximum Gasteiger partial charge on any atom is 0.126 e. The molecule has 5 heteroatoms. The summed E-state index contributed by atoms with van der Waals surface area (Å²) >= 11 is 0. The minimum atomic E-state index is -0.925. The molecule has 0 aliphatic carbocycles. The van der Waals surface area contributed by atoms with Crippen LogP contribution in [0.4, 0.5) is 0 Å². The number of rotatable bonds is 10. The van der Waals surface area contributed by atoms with Gasteiger partial charge in [-0.1, -0.05) is 17.7 Å². The van der Waals surface area contributed by atoms with Crippen LogP contribution in [0.1, 0.15) is 84.3 Å². The van der Waals surface area contributed by atoms with Gasteiger partial charge in [0, 0.05) is 0 Å². The number of aliphatic hydroxyl groups excluding tert-OH is 2. The minimum Gasteiger partial charge on any atom is -0.508 e. The highest BCUT2D eigenvalue weighted by molar-refractivity contribution is 5.47. The molecular formula is C27H42O5. The standard InChI is InChI=1S/C27H42O5/c1-18(2)15-23(29)24(30)19(3)9-7-11-26(5,31)12-8-13-27(6)14-10-21-17-22(28)16-20(4)25(21)32-27/h9,15-17,23-24,28-31H,7-8,10-14H2,1-6H3/b19-9+/t23-,24-,26?,27-/m0/s1. The number of phenols is 1. The Morgan fingerprint density at radius 2 is 1.91 bits per heavy atom. The monoisotopic (exact) mass is 446 g/mol. The molecule has 180 valence electrons. The maximum atomic E-state index is 10.8. The SMILES string of the molecule is CC(C)=C[C@H](O)[C@@H](O)/C(C)=C/CCC(C)(O)CCC[C@@]1(C)CCc2cc(O)cc(C)c2O1.